The zero-order valence-electron chi connectivity index (χ0n) is 14.1. The molecule has 0 aromatic carbocycles. The fourth-order valence-corrected chi connectivity index (χ4v) is 7.30. The van der Waals surface area contributed by atoms with Gasteiger partial charge in [0.15, 0.2) is 0 Å². The van der Waals surface area contributed by atoms with Gasteiger partial charge in [-0.1, -0.05) is 25.5 Å². The Hall–Kier alpha value is -0.340. The Kier molecular flexibility index (Phi) is 2.67. The van der Waals surface area contributed by atoms with E-state index >= 15 is 0 Å². The molecule has 5 rings (SSSR count). The van der Waals surface area contributed by atoms with Gasteiger partial charge in [0.25, 0.3) is 0 Å². The Labute approximate surface area is 134 Å². The van der Waals surface area contributed by atoms with E-state index < -0.39 is 0 Å². The van der Waals surface area contributed by atoms with Gasteiger partial charge < -0.3 is 9.84 Å². The highest BCUT2D eigenvalue weighted by atomic mass is 16.6. The van der Waals surface area contributed by atoms with Crippen molar-refractivity contribution in [3.63, 3.8) is 0 Å². The fourth-order valence-electron chi connectivity index (χ4n) is 7.30. The van der Waals surface area contributed by atoms with Crippen molar-refractivity contribution < 1.29 is 9.84 Å². The highest BCUT2D eigenvalue weighted by Gasteiger charge is 2.69. The van der Waals surface area contributed by atoms with Crippen molar-refractivity contribution in [2.75, 3.05) is 6.61 Å². The minimum atomic E-state index is -0.0839. The van der Waals surface area contributed by atoms with Crippen molar-refractivity contribution in [2.45, 2.75) is 76.9 Å². The highest BCUT2D eigenvalue weighted by molar-refractivity contribution is 5.27. The van der Waals surface area contributed by atoms with Crippen LogP contribution in [0.1, 0.15) is 65.2 Å². The molecule has 0 radical (unpaired) electrons. The second kappa shape index (κ2) is 4.19. The molecular formula is C20H30O2. The average Bonchev–Trinajstić information content (AvgIpc) is 3.22. The number of hydrogen-bond acceptors (Lipinski definition) is 2. The fraction of sp³-hybridized carbons (Fsp3) is 0.900. The van der Waals surface area contributed by atoms with Gasteiger partial charge in [-0.15, -0.1) is 0 Å². The summed E-state index contributed by atoms with van der Waals surface area (Å²) in [6.45, 7) is 6.09. The summed E-state index contributed by atoms with van der Waals surface area (Å²) in [5, 5.41) is 10.1. The van der Waals surface area contributed by atoms with Gasteiger partial charge in [0.1, 0.15) is 0 Å². The van der Waals surface area contributed by atoms with Crippen LogP contribution in [-0.2, 0) is 4.74 Å². The predicted octanol–water partition coefficient (Wildman–Crippen LogP) is 4.08. The van der Waals surface area contributed by atoms with Gasteiger partial charge in [-0.2, -0.15) is 0 Å². The molecule has 2 nitrogen and oxygen atoms in total. The summed E-state index contributed by atoms with van der Waals surface area (Å²) in [7, 11) is 0. The van der Waals surface area contributed by atoms with Crippen molar-refractivity contribution in [1.82, 2.24) is 0 Å². The second-order valence-electron chi connectivity index (χ2n) is 9.43. The quantitative estimate of drug-likeness (QED) is 0.540. The van der Waals surface area contributed by atoms with Crippen LogP contribution in [0.5, 0.6) is 0 Å². The number of ether oxygens (including phenoxy) is 1. The van der Waals surface area contributed by atoms with Crippen LogP contribution in [0.4, 0.5) is 0 Å². The molecule has 7 atom stereocenters. The number of aliphatic hydroxyl groups excluding tert-OH is 1. The number of epoxide rings is 1. The van der Waals surface area contributed by atoms with E-state index in [4.69, 9.17) is 4.74 Å². The van der Waals surface area contributed by atoms with Crippen LogP contribution in [0.2, 0.25) is 0 Å². The Bertz CT molecular complexity index is 534. The molecule has 0 unspecified atom stereocenters. The smallest absolute Gasteiger partial charge is 0.0972 e. The molecule has 1 heterocycles. The Morgan fingerprint density at radius 3 is 2.64 bits per heavy atom. The molecule has 1 aliphatic heterocycles. The lowest BCUT2D eigenvalue weighted by molar-refractivity contribution is -0.0556. The Morgan fingerprint density at radius 1 is 1.09 bits per heavy atom. The third-order valence-corrected chi connectivity index (χ3v) is 8.86. The molecule has 122 valence electrons. The molecule has 0 aromatic heterocycles. The van der Waals surface area contributed by atoms with Crippen molar-refractivity contribution >= 4 is 0 Å². The maximum Gasteiger partial charge on any atom is 0.0972 e. The summed E-state index contributed by atoms with van der Waals surface area (Å²) in [4.78, 5) is 0. The standard InChI is InChI=1S/C20H30O2/c1-18-8-5-14(21)11-13(18)3-4-15-16(18)6-9-19(2)17(15)7-10-20(19)12-22-20/h3,14-17,21H,4-12H2,1-2H3/t14-,15-,16+,17-,18-,19-,20+/m0/s1. The van der Waals surface area contributed by atoms with E-state index in [1.807, 2.05) is 0 Å². The highest BCUT2D eigenvalue weighted by Crippen LogP contribution is 2.70. The van der Waals surface area contributed by atoms with Gasteiger partial charge in [-0.25, -0.2) is 0 Å². The van der Waals surface area contributed by atoms with E-state index in [1.165, 1.54) is 38.5 Å². The molecule has 4 aliphatic carbocycles. The molecule has 5 aliphatic rings. The van der Waals surface area contributed by atoms with Crippen LogP contribution < -0.4 is 0 Å². The van der Waals surface area contributed by atoms with Crippen LogP contribution in [-0.4, -0.2) is 23.4 Å². The predicted molar refractivity (Wildman–Crippen MR) is 86.4 cm³/mol. The Morgan fingerprint density at radius 2 is 1.86 bits per heavy atom. The minimum Gasteiger partial charge on any atom is -0.393 e. The third kappa shape index (κ3) is 1.54. The van der Waals surface area contributed by atoms with Crippen molar-refractivity contribution in [3.05, 3.63) is 11.6 Å². The van der Waals surface area contributed by atoms with Gasteiger partial charge in [-0.05, 0) is 74.5 Å². The summed E-state index contributed by atoms with van der Waals surface area (Å²) in [6, 6.07) is 0. The number of hydrogen-bond donors (Lipinski definition) is 1. The van der Waals surface area contributed by atoms with E-state index in [-0.39, 0.29) is 11.7 Å². The van der Waals surface area contributed by atoms with Crippen LogP contribution >= 0.6 is 0 Å². The Balaban J connectivity index is 1.51. The summed E-state index contributed by atoms with van der Waals surface area (Å²) < 4.78 is 6.01. The minimum absolute atomic E-state index is 0.0839. The third-order valence-electron chi connectivity index (χ3n) is 8.86. The van der Waals surface area contributed by atoms with Crippen LogP contribution in [0.15, 0.2) is 11.6 Å². The molecule has 1 spiro atoms. The summed E-state index contributed by atoms with van der Waals surface area (Å²) in [5.41, 5.74) is 2.69. The molecule has 1 N–H and O–H groups in total. The topological polar surface area (TPSA) is 32.8 Å². The first kappa shape index (κ1) is 14.0. The zero-order valence-corrected chi connectivity index (χ0v) is 14.1. The van der Waals surface area contributed by atoms with Gasteiger partial charge in [-0.3, -0.25) is 0 Å². The summed E-state index contributed by atoms with van der Waals surface area (Å²) in [5.74, 6) is 2.59. The first-order valence-electron chi connectivity index (χ1n) is 9.50. The van der Waals surface area contributed by atoms with Gasteiger partial charge in [0.2, 0.25) is 0 Å². The SMILES string of the molecule is C[C@]12CC[C@H](O)CC1=CC[C@H]1[C@H]2CC[C@@]2(C)[C@H]1CC[C@@]21CO1. The van der Waals surface area contributed by atoms with Gasteiger partial charge >= 0.3 is 0 Å². The second-order valence-corrected chi connectivity index (χ2v) is 9.43. The van der Waals surface area contributed by atoms with E-state index in [1.54, 1.807) is 5.57 Å². The molecule has 2 heteroatoms. The lowest BCUT2D eigenvalue weighted by atomic mass is 9.47. The van der Waals surface area contributed by atoms with E-state index in [0.29, 0.717) is 10.8 Å². The van der Waals surface area contributed by atoms with E-state index in [9.17, 15) is 5.11 Å². The molecule has 0 bridgehead atoms. The number of aliphatic hydroxyl groups is 1. The van der Waals surface area contributed by atoms with Crippen molar-refractivity contribution in [2.24, 2.45) is 28.6 Å². The van der Waals surface area contributed by atoms with Crippen LogP contribution in [0.3, 0.4) is 0 Å². The number of rotatable bonds is 0. The van der Waals surface area contributed by atoms with Crippen molar-refractivity contribution in [1.29, 1.82) is 0 Å². The lowest BCUT2D eigenvalue weighted by Gasteiger charge is -2.57. The maximum absolute atomic E-state index is 10.1. The molecular weight excluding hydrogens is 272 g/mol. The van der Waals surface area contributed by atoms with Crippen molar-refractivity contribution in [3.8, 4) is 0 Å². The molecule has 0 amide bonds. The first-order valence-corrected chi connectivity index (χ1v) is 9.50. The monoisotopic (exact) mass is 302 g/mol. The van der Waals surface area contributed by atoms with E-state index in [0.717, 1.165) is 37.2 Å². The lowest BCUT2D eigenvalue weighted by Crippen LogP contribution is -2.51. The number of fused-ring (bicyclic) bond motifs is 6. The normalized spacial score (nSPS) is 59.5. The molecule has 4 fully saturated rings. The average molecular weight is 302 g/mol. The largest absolute Gasteiger partial charge is 0.393 e. The molecule has 1 saturated heterocycles. The van der Waals surface area contributed by atoms with Crippen LogP contribution in [0, 0.1) is 28.6 Å². The number of allylic oxidation sites excluding steroid dienone is 1. The summed E-state index contributed by atoms with van der Waals surface area (Å²) >= 11 is 0. The molecule has 3 saturated carbocycles. The first-order chi connectivity index (χ1) is 10.5. The zero-order chi connectivity index (χ0) is 15.2. The van der Waals surface area contributed by atoms with Gasteiger partial charge in [0, 0.05) is 5.41 Å². The van der Waals surface area contributed by atoms with Crippen LogP contribution in [0.25, 0.3) is 0 Å². The maximum atomic E-state index is 10.1. The van der Waals surface area contributed by atoms with Gasteiger partial charge in [0.05, 0.1) is 18.3 Å². The molecule has 22 heavy (non-hydrogen) atoms. The van der Waals surface area contributed by atoms with E-state index in [2.05, 4.69) is 19.9 Å². The summed E-state index contributed by atoms with van der Waals surface area (Å²) in [6.07, 6.45) is 12.3. The molecule has 0 aromatic rings.